The van der Waals surface area contributed by atoms with Crippen molar-refractivity contribution in [1.82, 2.24) is 19.4 Å². The minimum Gasteiger partial charge on any atom is -0.293 e. The quantitative estimate of drug-likeness (QED) is 0.889. The summed E-state index contributed by atoms with van der Waals surface area (Å²) >= 11 is 0. The zero-order valence-electron chi connectivity index (χ0n) is 12.4. The van der Waals surface area contributed by atoms with Crippen molar-refractivity contribution >= 4 is 10.0 Å². The zero-order chi connectivity index (χ0) is 16.5. The number of likely N-dealkylation sites (tertiary alicyclic amines) is 1. The number of nitrogens with zero attached hydrogens (tertiary/aromatic N) is 3. The molecule has 0 spiro atoms. The molecule has 0 aliphatic carbocycles. The van der Waals surface area contributed by atoms with Crippen LogP contribution in [-0.4, -0.2) is 55.0 Å². The third-order valence-electron chi connectivity index (χ3n) is 3.71. The third-order valence-corrected chi connectivity index (χ3v) is 5.33. The fourth-order valence-electron chi connectivity index (χ4n) is 2.57. The number of rotatable bonds is 4. The molecule has 0 aromatic carbocycles. The van der Waals surface area contributed by atoms with Gasteiger partial charge in [0.2, 0.25) is 10.0 Å². The summed E-state index contributed by atoms with van der Waals surface area (Å²) in [5.74, 6) is 0. The minimum atomic E-state index is -4.28. The van der Waals surface area contributed by atoms with Gasteiger partial charge < -0.3 is 0 Å². The number of aromatic nitrogens is 2. The molecule has 2 rings (SSSR count). The molecule has 1 atom stereocenters. The van der Waals surface area contributed by atoms with Crippen molar-refractivity contribution in [1.29, 1.82) is 0 Å². The van der Waals surface area contributed by atoms with Gasteiger partial charge in [0.1, 0.15) is 4.90 Å². The van der Waals surface area contributed by atoms with Crippen molar-refractivity contribution in [2.75, 3.05) is 19.6 Å². The summed E-state index contributed by atoms with van der Waals surface area (Å²) in [7, 11) is -2.15. The van der Waals surface area contributed by atoms with E-state index >= 15 is 0 Å². The van der Waals surface area contributed by atoms with Crippen molar-refractivity contribution in [2.24, 2.45) is 7.05 Å². The number of hydrogen-bond donors (Lipinski definition) is 1. The van der Waals surface area contributed by atoms with Gasteiger partial charge in [-0.05, 0) is 26.3 Å². The van der Waals surface area contributed by atoms with E-state index in [9.17, 15) is 21.6 Å². The van der Waals surface area contributed by atoms with Gasteiger partial charge in [-0.15, -0.1) is 0 Å². The highest BCUT2D eigenvalue weighted by Gasteiger charge is 2.34. The first-order valence-electron chi connectivity index (χ1n) is 6.88. The van der Waals surface area contributed by atoms with E-state index in [1.54, 1.807) is 14.0 Å². The summed E-state index contributed by atoms with van der Waals surface area (Å²) in [5.41, 5.74) is 0.482. The van der Waals surface area contributed by atoms with E-state index in [0.717, 1.165) is 0 Å². The Morgan fingerprint density at radius 2 is 2.14 bits per heavy atom. The van der Waals surface area contributed by atoms with Gasteiger partial charge in [0.05, 0.1) is 18.4 Å². The zero-order valence-corrected chi connectivity index (χ0v) is 13.2. The highest BCUT2D eigenvalue weighted by Crippen LogP contribution is 2.21. The van der Waals surface area contributed by atoms with Crippen LogP contribution in [0.4, 0.5) is 13.2 Å². The molecule has 0 saturated carbocycles. The van der Waals surface area contributed by atoms with E-state index in [1.807, 2.05) is 0 Å². The summed E-state index contributed by atoms with van der Waals surface area (Å²) in [4.78, 5) is 1.29. The van der Waals surface area contributed by atoms with Gasteiger partial charge in [-0.2, -0.15) is 18.3 Å². The standard InChI is InChI=1S/C12H19F3N4O2S/c1-9-11(6-16-18(9)2)22(20,21)17-10-4-3-5-19(7-10)8-12(13,14)15/h6,10,17H,3-5,7-8H2,1-2H3/t10-/m1/s1. The molecular weight excluding hydrogens is 321 g/mol. The average molecular weight is 340 g/mol. The number of nitrogens with one attached hydrogen (secondary N) is 1. The number of hydrogen-bond acceptors (Lipinski definition) is 4. The van der Waals surface area contributed by atoms with Gasteiger partial charge in [-0.3, -0.25) is 9.58 Å². The fraction of sp³-hybridized carbons (Fsp3) is 0.750. The predicted molar refractivity (Wildman–Crippen MR) is 73.8 cm³/mol. The monoisotopic (exact) mass is 340 g/mol. The lowest BCUT2D eigenvalue weighted by Crippen LogP contribution is -2.49. The topological polar surface area (TPSA) is 67.2 Å². The van der Waals surface area contributed by atoms with Gasteiger partial charge in [0.15, 0.2) is 0 Å². The molecule has 1 aliphatic rings. The highest BCUT2D eigenvalue weighted by molar-refractivity contribution is 7.89. The van der Waals surface area contributed by atoms with E-state index in [-0.39, 0.29) is 11.4 Å². The highest BCUT2D eigenvalue weighted by atomic mass is 32.2. The van der Waals surface area contributed by atoms with Crippen LogP contribution in [0.1, 0.15) is 18.5 Å². The molecule has 6 nitrogen and oxygen atoms in total. The van der Waals surface area contributed by atoms with Gasteiger partial charge in [-0.25, -0.2) is 13.1 Å². The maximum absolute atomic E-state index is 12.4. The van der Waals surface area contributed by atoms with Gasteiger partial charge in [0.25, 0.3) is 0 Å². The molecule has 1 N–H and O–H groups in total. The van der Waals surface area contributed by atoms with Crippen molar-refractivity contribution in [3.8, 4) is 0 Å². The first kappa shape index (κ1) is 17.2. The maximum Gasteiger partial charge on any atom is 0.401 e. The van der Waals surface area contributed by atoms with E-state index in [1.165, 1.54) is 15.8 Å². The van der Waals surface area contributed by atoms with Crippen LogP contribution < -0.4 is 4.72 Å². The second kappa shape index (κ2) is 6.17. The fourth-order valence-corrected chi connectivity index (χ4v) is 4.04. The summed E-state index contributed by atoms with van der Waals surface area (Å²) < 4.78 is 65.9. The number of sulfonamides is 1. The molecular formula is C12H19F3N4O2S. The first-order valence-corrected chi connectivity index (χ1v) is 8.37. The number of halogens is 3. The summed E-state index contributed by atoms with van der Waals surface area (Å²) in [5, 5.41) is 3.88. The molecule has 22 heavy (non-hydrogen) atoms. The van der Waals surface area contributed by atoms with Crippen LogP contribution in [0.5, 0.6) is 0 Å². The second-order valence-electron chi connectivity index (χ2n) is 5.53. The number of aryl methyl sites for hydroxylation is 1. The molecule has 2 heterocycles. The molecule has 1 aromatic heterocycles. The lowest BCUT2D eigenvalue weighted by molar-refractivity contribution is -0.148. The molecule has 1 fully saturated rings. The van der Waals surface area contributed by atoms with Crippen LogP contribution in [0, 0.1) is 6.92 Å². The number of alkyl halides is 3. The third kappa shape index (κ3) is 4.20. The molecule has 1 aromatic rings. The molecule has 126 valence electrons. The summed E-state index contributed by atoms with van der Waals surface area (Å²) in [6.45, 7) is 0.983. The molecule has 0 amide bonds. The van der Waals surface area contributed by atoms with Gasteiger partial charge in [0, 0.05) is 19.6 Å². The van der Waals surface area contributed by atoms with Crippen molar-refractivity contribution in [3.63, 3.8) is 0 Å². The van der Waals surface area contributed by atoms with Crippen molar-refractivity contribution < 1.29 is 21.6 Å². The van der Waals surface area contributed by atoms with Crippen LogP contribution in [0.2, 0.25) is 0 Å². The first-order chi connectivity index (χ1) is 10.1. The lowest BCUT2D eigenvalue weighted by Gasteiger charge is -2.33. The van der Waals surface area contributed by atoms with Crippen LogP contribution >= 0.6 is 0 Å². The van der Waals surface area contributed by atoms with E-state index in [2.05, 4.69) is 9.82 Å². The Balaban J connectivity index is 2.05. The Labute approximate surface area is 127 Å². The van der Waals surface area contributed by atoms with E-state index in [0.29, 0.717) is 25.1 Å². The summed E-state index contributed by atoms with van der Waals surface area (Å²) in [6.07, 6.45) is -1.99. The molecule has 0 bridgehead atoms. The number of piperidine rings is 1. The largest absolute Gasteiger partial charge is 0.401 e. The Bertz CT molecular complexity index is 627. The lowest BCUT2D eigenvalue weighted by atomic mass is 10.1. The Morgan fingerprint density at radius 1 is 1.45 bits per heavy atom. The van der Waals surface area contributed by atoms with Crippen molar-refractivity contribution in [2.45, 2.75) is 36.9 Å². The SMILES string of the molecule is Cc1c(S(=O)(=O)N[C@@H]2CCCN(CC(F)(F)F)C2)cnn1C. The van der Waals surface area contributed by atoms with Crippen LogP contribution in [0.15, 0.2) is 11.1 Å². The molecule has 0 unspecified atom stereocenters. The summed E-state index contributed by atoms with van der Waals surface area (Å²) in [6, 6.07) is -0.527. The van der Waals surface area contributed by atoms with Crippen LogP contribution in [0.25, 0.3) is 0 Å². The average Bonchev–Trinajstić information content (AvgIpc) is 2.68. The Morgan fingerprint density at radius 3 is 2.68 bits per heavy atom. The molecule has 0 radical (unpaired) electrons. The van der Waals surface area contributed by atoms with E-state index < -0.39 is 28.8 Å². The minimum absolute atomic E-state index is 0.0536. The molecule has 1 aliphatic heterocycles. The smallest absolute Gasteiger partial charge is 0.293 e. The Hall–Kier alpha value is -1.13. The Kier molecular flexibility index (Phi) is 4.83. The van der Waals surface area contributed by atoms with Crippen LogP contribution in [0.3, 0.4) is 0 Å². The maximum atomic E-state index is 12.4. The van der Waals surface area contributed by atoms with Crippen molar-refractivity contribution in [3.05, 3.63) is 11.9 Å². The van der Waals surface area contributed by atoms with E-state index in [4.69, 9.17) is 0 Å². The predicted octanol–water partition coefficient (Wildman–Crippen LogP) is 1.03. The van der Waals surface area contributed by atoms with Gasteiger partial charge >= 0.3 is 6.18 Å². The molecule has 1 saturated heterocycles. The van der Waals surface area contributed by atoms with Crippen LogP contribution in [-0.2, 0) is 17.1 Å². The molecule has 10 heteroatoms. The normalized spacial score (nSPS) is 21.2. The second-order valence-corrected chi connectivity index (χ2v) is 7.21. The van der Waals surface area contributed by atoms with Gasteiger partial charge in [-0.1, -0.05) is 0 Å².